The van der Waals surface area contributed by atoms with Crippen molar-refractivity contribution in [2.75, 3.05) is 0 Å². The number of carbonyl (C=O) groups is 3. The molecule has 0 spiro atoms. The predicted octanol–water partition coefficient (Wildman–Crippen LogP) is 3.29. The lowest BCUT2D eigenvalue weighted by atomic mass is 9.75. The summed E-state index contributed by atoms with van der Waals surface area (Å²) >= 11 is 0. The Morgan fingerprint density at radius 1 is 1.20 bits per heavy atom. The van der Waals surface area contributed by atoms with Gasteiger partial charge in [0.25, 0.3) is 0 Å². The number of imide groups is 1. The van der Waals surface area contributed by atoms with Gasteiger partial charge < -0.3 is 4.79 Å². The first kappa shape index (κ1) is 17.7. The van der Waals surface area contributed by atoms with Crippen molar-refractivity contribution in [2.45, 2.75) is 56.5 Å². The Hall–Kier alpha value is -2.11. The molecule has 1 heterocycles. The average molecular weight is 349 g/mol. The van der Waals surface area contributed by atoms with Crippen LogP contribution in [0.15, 0.2) is 18.2 Å². The van der Waals surface area contributed by atoms with Crippen molar-refractivity contribution in [3.8, 4) is 0 Å². The van der Waals surface area contributed by atoms with E-state index in [0.717, 1.165) is 6.29 Å². The molecule has 1 atom stereocenters. The van der Waals surface area contributed by atoms with E-state index in [1.54, 1.807) is 6.07 Å². The Balaban J connectivity index is 1.77. The summed E-state index contributed by atoms with van der Waals surface area (Å²) in [6.45, 7) is 0. The fourth-order valence-electron chi connectivity index (χ4n) is 3.90. The molecule has 2 amide bonds. The molecule has 1 saturated heterocycles. The van der Waals surface area contributed by atoms with E-state index in [0.29, 0.717) is 31.2 Å². The summed E-state index contributed by atoms with van der Waals surface area (Å²) in [6, 6.07) is 4.22. The van der Waals surface area contributed by atoms with Gasteiger partial charge in [0.15, 0.2) is 0 Å². The van der Waals surface area contributed by atoms with Crippen molar-refractivity contribution < 1.29 is 23.2 Å². The number of amides is 2. The minimum atomic E-state index is -1.73. The van der Waals surface area contributed by atoms with Crippen LogP contribution < -0.4 is 5.32 Å². The largest absolute Gasteiger partial charge is 0.303 e. The molecule has 25 heavy (non-hydrogen) atoms. The summed E-state index contributed by atoms with van der Waals surface area (Å²) in [5.74, 6) is -1.83. The number of alkyl halides is 1. The zero-order chi connectivity index (χ0) is 18.0. The minimum absolute atomic E-state index is 0.0214. The smallest absolute Gasteiger partial charge is 0.234 e. The summed E-state index contributed by atoms with van der Waals surface area (Å²) in [5.41, 5.74) is -1.25. The van der Waals surface area contributed by atoms with Gasteiger partial charge in [0.05, 0.1) is 5.92 Å². The van der Waals surface area contributed by atoms with Crippen LogP contribution in [0.2, 0.25) is 0 Å². The zero-order valence-corrected chi connectivity index (χ0v) is 13.9. The molecule has 3 rings (SSSR count). The quantitative estimate of drug-likeness (QED) is 0.670. The van der Waals surface area contributed by atoms with Crippen molar-refractivity contribution in [2.24, 2.45) is 5.92 Å². The predicted molar refractivity (Wildman–Crippen MR) is 86.9 cm³/mol. The summed E-state index contributed by atoms with van der Waals surface area (Å²) in [4.78, 5) is 33.7. The Morgan fingerprint density at radius 3 is 2.52 bits per heavy atom. The van der Waals surface area contributed by atoms with E-state index in [1.165, 1.54) is 12.1 Å². The number of carbonyl (C=O) groups excluding carboxylic acids is 3. The third-order valence-electron chi connectivity index (χ3n) is 5.44. The van der Waals surface area contributed by atoms with Gasteiger partial charge in [-0.3, -0.25) is 14.9 Å². The normalized spacial score (nSPS) is 30.0. The van der Waals surface area contributed by atoms with Gasteiger partial charge in [-0.05, 0) is 49.7 Å². The maximum absolute atomic E-state index is 15.2. The molecular formula is C19H21F2NO3. The number of nitrogens with one attached hydrogen (secondary N) is 1. The fourth-order valence-corrected chi connectivity index (χ4v) is 3.90. The second-order valence-electron chi connectivity index (χ2n) is 7.05. The first-order valence-electron chi connectivity index (χ1n) is 8.69. The summed E-state index contributed by atoms with van der Waals surface area (Å²) in [7, 11) is 0. The van der Waals surface area contributed by atoms with Crippen LogP contribution in [-0.4, -0.2) is 18.1 Å². The first-order valence-corrected chi connectivity index (χ1v) is 8.69. The van der Waals surface area contributed by atoms with Gasteiger partial charge >= 0.3 is 0 Å². The second kappa shape index (κ2) is 7.02. The van der Waals surface area contributed by atoms with Crippen LogP contribution in [0.3, 0.4) is 0 Å². The highest BCUT2D eigenvalue weighted by Gasteiger charge is 2.39. The van der Waals surface area contributed by atoms with E-state index in [1.807, 2.05) is 0 Å². The first-order chi connectivity index (χ1) is 11.9. The Labute approximate surface area is 145 Å². The monoisotopic (exact) mass is 349 g/mol. The summed E-state index contributed by atoms with van der Waals surface area (Å²) in [6.07, 6.45) is 3.33. The third kappa shape index (κ3) is 3.62. The van der Waals surface area contributed by atoms with Crippen LogP contribution in [0.4, 0.5) is 8.78 Å². The maximum Gasteiger partial charge on any atom is 0.234 e. The summed E-state index contributed by atoms with van der Waals surface area (Å²) in [5, 5.41) is 2.25. The SMILES string of the molecule is O=CCC1CCC(F)(c2ccc(C3CCC(=O)NC3=O)cc2F)CC1. The van der Waals surface area contributed by atoms with Crippen molar-refractivity contribution >= 4 is 18.1 Å². The molecule has 1 unspecified atom stereocenters. The average Bonchev–Trinajstić information content (AvgIpc) is 2.57. The lowest BCUT2D eigenvalue weighted by Crippen LogP contribution is -2.39. The molecule has 1 aromatic rings. The van der Waals surface area contributed by atoms with Crippen molar-refractivity contribution in [1.29, 1.82) is 0 Å². The molecule has 1 aliphatic carbocycles. The molecule has 1 N–H and O–H groups in total. The molecule has 134 valence electrons. The Morgan fingerprint density at radius 2 is 1.92 bits per heavy atom. The lowest BCUT2D eigenvalue weighted by molar-refractivity contribution is -0.134. The van der Waals surface area contributed by atoms with Crippen molar-refractivity contribution in [3.63, 3.8) is 0 Å². The van der Waals surface area contributed by atoms with E-state index >= 15 is 4.39 Å². The van der Waals surface area contributed by atoms with Crippen LogP contribution in [0.5, 0.6) is 0 Å². The number of rotatable bonds is 4. The fraction of sp³-hybridized carbons (Fsp3) is 0.526. The molecule has 2 fully saturated rings. The van der Waals surface area contributed by atoms with E-state index in [4.69, 9.17) is 0 Å². The Kier molecular flexibility index (Phi) is 4.97. The number of benzene rings is 1. The molecule has 0 radical (unpaired) electrons. The Bertz CT molecular complexity index is 696. The van der Waals surface area contributed by atoms with E-state index in [9.17, 15) is 18.8 Å². The minimum Gasteiger partial charge on any atom is -0.303 e. The van der Waals surface area contributed by atoms with Gasteiger partial charge in [-0.1, -0.05) is 12.1 Å². The molecule has 4 nitrogen and oxygen atoms in total. The lowest BCUT2D eigenvalue weighted by Gasteiger charge is -2.34. The third-order valence-corrected chi connectivity index (χ3v) is 5.44. The number of hydrogen-bond donors (Lipinski definition) is 1. The van der Waals surface area contributed by atoms with Crippen LogP contribution >= 0.6 is 0 Å². The molecule has 0 aromatic heterocycles. The van der Waals surface area contributed by atoms with E-state index in [-0.39, 0.29) is 36.7 Å². The van der Waals surface area contributed by atoms with Crippen LogP contribution in [0.1, 0.15) is 62.0 Å². The highest BCUT2D eigenvalue weighted by molar-refractivity contribution is 6.00. The molecule has 1 aliphatic heterocycles. The molecule has 1 saturated carbocycles. The van der Waals surface area contributed by atoms with Crippen molar-refractivity contribution in [1.82, 2.24) is 5.32 Å². The molecule has 6 heteroatoms. The van der Waals surface area contributed by atoms with Crippen LogP contribution in [-0.2, 0) is 20.1 Å². The topological polar surface area (TPSA) is 63.2 Å². The highest BCUT2D eigenvalue weighted by Crippen LogP contribution is 2.44. The van der Waals surface area contributed by atoms with Crippen LogP contribution in [0.25, 0.3) is 0 Å². The second-order valence-corrected chi connectivity index (χ2v) is 7.05. The number of hydrogen-bond acceptors (Lipinski definition) is 3. The zero-order valence-electron chi connectivity index (χ0n) is 13.9. The van der Waals surface area contributed by atoms with Gasteiger partial charge in [-0.25, -0.2) is 8.78 Å². The molecule has 1 aromatic carbocycles. The molecule has 0 bridgehead atoms. The van der Waals surface area contributed by atoms with E-state index in [2.05, 4.69) is 5.32 Å². The summed E-state index contributed by atoms with van der Waals surface area (Å²) < 4.78 is 29.8. The standard InChI is InChI=1S/C19H21F2NO3/c20-16-11-13(14-2-4-17(24)22-18(14)25)1-3-15(16)19(21)8-5-12(6-9-19)7-10-23/h1,3,10-12,14H,2,4-9H2,(H,22,24,25). The van der Waals surface area contributed by atoms with E-state index < -0.39 is 23.3 Å². The number of piperidine rings is 1. The van der Waals surface area contributed by atoms with Gasteiger partial charge in [0.1, 0.15) is 17.8 Å². The van der Waals surface area contributed by atoms with Gasteiger partial charge in [-0.2, -0.15) is 0 Å². The molecular weight excluding hydrogens is 328 g/mol. The number of halogens is 2. The van der Waals surface area contributed by atoms with Crippen molar-refractivity contribution in [3.05, 3.63) is 35.1 Å². The van der Waals surface area contributed by atoms with Gasteiger partial charge in [0.2, 0.25) is 11.8 Å². The number of aldehydes is 1. The van der Waals surface area contributed by atoms with Gasteiger partial charge in [-0.15, -0.1) is 0 Å². The highest BCUT2D eigenvalue weighted by atomic mass is 19.1. The maximum atomic E-state index is 15.2. The van der Waals surface area contributed by atoms with Gasteiger partial charge in [0, 0.05) is 18.4 Å². The van der Waals surface area contributed by atoms with Crippen LogP contribution in [0, 0.1) is 11.7 Å². The molecule has 2 aliphatic rings.